The van der Waals surface area contributed by atoms with Crippen molar-refractivity contribution in [2.24, 2.45) is 0 Å². The number of hydrogen-bond acceptors (Lipinski definition) is 7. The fourth-order valence-electron chi connectivity index (χ4n) is 2.91. The average Bonchev–Trinajstić information content (AvgIpc) is 2.83. The minimum atomic E-state index is -3.72. The lowest BCUT2D eigenvalue weighted by Gasteiger charge is -2.26. The van der Waals surface area contributed by atoms with Crippen LogP contribution in [0.2, 0.25) is 0 Å². The molecule has 134 valence electrons. The van der Waals surface area contributed by atoms with Gasteiger partial charge in [-0.3, -0.25) is 8.98 Å². The lowest BCUT2D eigenvalue weighted by Crippen LogP contribution is -2.41. The van der Waals surface area contributed by atoms with Crippen molar-refractivity contribution in [2.75, 3.05) is 19.3 Å². The summed E-state index contributed by atoms with van der Waals surface area (Å²) in [7, 11) is -3.72. The van der Waals surface area contributed by atoms with Crippen molar-refractivity contribution in [2.45, 2.75) is 64.5 Å². The van der Waals surface area contributed by atoms with E-state index < -0.39 is 40.5 Å². The van der Waals surface area contributed by atoms with Crippen molar-refractivity contribution < 1.29 is 31.6 Å². The fourth-order valence-corrected chi connectivity index (χ4v) is 3.54. The molecule has 0 aromatic carbocycles. The summed E-state index contributed by atoms with van der Waals surface area (Å²) in [5.41, 5.74) is 0. The van der Waals surface area contributed by atoms with E-state index in [9.17, 15) is 13.2 Å². The first-order valence-corrected chi connectivity index (χ1v) is 9.55. The van der Waals surface area contributed by atoms with E-state index in [1.807, 2.05) is 13.8 Å². The van der Waals surface area contributed by atoms with Crippen molar-refractivity contribution in [3.63, 3.8) is 0 Å². The normalized spacial score (nSPS) is 32.7. The summed E-state index contributed by atoms with van der Waals surface area (Å²) in [6.07, 6.45) is -2.09. The molecule has 0 unspecified atom stereocenters. The molecule has 9 heteroatoms. The Bertz CT molecular complexity index is 543. The number of nitrogens with zero attached hydrogens (tertiary/aromatic N) is 1. The summed E-state index contributed by atoms with van der Waals surface area (Å²) < 4.78 is 45.2. The standard InChI is InChI=1S/C14H25NO7S/c1-6-15(7-2)10(16)8-9-11(22-23(5,17)18)12-13(19-9)21-14(3,4)20-12/h9,11-13H,6-8H2,1-5H3/t9-,11+,12-,13-/m1/s1. The van der Waals surface area contributed by atoms with Crippen molar-refractivity contribution in [1.82, 2.24) is 4.90 Å². The van der Waals surface area contributed by atoms with Gasteiger partial charge in [0, 0.05) is 13.1 Å². The van der Waals surface area contributed by atoms with Crippen LogP contribution < -0.4 is 0 Å². The van der Waals surface area contributed by atoms with E-state index >= 15 is 0 Å². The molecule has 23 heavy (non-hydrogen) atoms. The Morgan fingerprint density at radius 2 is 1.83 bits per heavy atom. The molecule has 0 aromatic rings. The van der Waals surface area contributed by atoms with Gasteiger partial charge < -0.3 is 19.1 Å². The van der Waals surface area contributed by atoms with Crippen molar-refractivity contribution in [1.29, 1.82) is 0 Å². The Morgan fingerprint density at radius 3 is 2.35 bits per heavy atom. The predicted molar refractivity (Wildman–Crippen MR) is 81.0 cm³/mol. The molecule has 0 aromatic heterocycles. The molecule has 2 aliphatic heterocycles. The highest BCUT2D eigenvalue weighted by Gasteiger charge is 2.56. The molecule has 0 aliphatic carbocycles. The van der Waals surface area contributed by atoms with Gasteiger partial charge >= 0.3 is 0 Å². The minimum Gasteiger partial charge on any atom is -0.343 e. The Balaban J connectivity index is 2.14. The van der Waals surface area contributed by atoms with Crippen LogP contribution in [0.4, 0.5) is 0 Å². The highest BCUT2D eigenvalue weighted by atomic mass is 32.2. The van der Waals surface area contributed by atoms with E-state index in [1.165, 1.54) is 0 Å². The summed E-state index contributed by atoms with van der Waals surface area (Å²) in [4.78, 5) is 13.9. The van der Waals surface area contributed by atoms with Crippen LogP contribution in [0, 0.1) is 0 Å². The van der Waals surface area contributed by atoms with Gasteiger partial charge in [0.05, 0.1) is 18.8 Å². The number of amides is 1. The molecule has 0 N–H and O–H groups in total. The van der Waals surface area contributed by atoms with Crippen LogP contribution >= 0.6 is 0 Å². The Labute approximate surface area is 137 Å². The number of hydrogen-bond donors (Lipinski definition) is 0. The number of fused-ring (bicyclic) bond motifs is 1. The van der Waals surface area contributed by atoms with Gasteiger partial charge in [0.2, 0.25) is 5.91 Å². The van der Waals surface area contributed by atoms with Gasteiger partial charge in [-0.05, 0) is 27.7 Å². The molecular formula is C14H25NO7S. The third-order valence-corrected chi connectivity index (χ3v) is 4.44. The minimum absolute atomic E-state index is 0.0159. The Kier molecular flexibility index (Phi) is 5.37. The van der Waals surface area contributed by atoms with E-state index in [4.69, 9.17) is 18.4 Å². The first kappa shape index (κ1) is 18.6. The topological polar surface area (TPSA) is 91.4 Å². The third-order valence-electron chi connectivity index (χ3n) is 3.87. The number of ether oxygens (including phenoxy) is 3. The number of carbonyl (C=O) groups is 1. The van der Waals surface area contributed by atoms with Crippen LogP contribution in [0.3, 0.4) is 0 Å². The van der Waals surface area contributed by atoms with Crippen LogP contribution in [-0.2, 0) is 33.3 Å². The van der Waals surface area contributed by atoms with Crippen LogP contribution in [0.25, 0.3) is 0 Å². The fraction of sp³-hybridized carbons (Fsp3) is 0.929. The summed E-state index contributed by atoms with van der Waals surface area (Å²) in [5, 5.41) is 0. The highest BCUT2D eigenvalue weighted by Crippen LogP contribution is 2.40. The Morgan fingerprint density at radius 1 is 1.22 bits per heavy atom. The molecule has 1 amide bonds. The van der Waals surface area contributed by atoms with Gasteiger partial charge in [-0.2, -0.15) is 8.42 Å². The SMILES string of the molecule is CCN(CC)C(=O)C[C@H]1O[C@@H]2OC(C)(C)O[C@@H]2[C@H]1OS(C)(=O)=O. The number of rotatable bonds is 6. The summed E-state index contributed by atoms with van der Waals surface area (Å²) in [6, 6.07) is 0. The second-order valence-corrected chi connectivity index (χ2v) is 7.78. The summed E-state index contributed by atoms with van der Waals surface area (Å²) in [5.74, 6) is -1.01. The van der Waals surface area contributed by atoms with Crippen molar-refractivity contribution in [3.05, 3.63) is 0 Å². The molecule has 2 aliphatic rings. The first-order chi connectivity index (χ1) is 10.6. The largest absolute Gasteiger partial charge is 0.343 e. The molecule has 0 bridgehead atoms. The lowest BCUT2D eigenvalue weighted by atomic mass is 10.1. The van der Waals surface area contributed by atoms with Gasteiger partial charge in [-0.15, -0.1) is 0 Å². The average molecular weight is 351 g/mol. The van der Waals surface area contributed by atoms with E-state index in [-0.39, 0.29) is 12.3 Å². The maximum Gasteiger partial charge on any atom is 0.264 e. The van der Waals surface area contributed by atoms with Crippen LogP contribution in [0.5, 0.6) is 0 Å². The van der Waals surface area contributed by atoms with Crippen molar-refractivity contribution >= 4 is 16.0 Å². The monoisotopic (exact) mass is 351 g/mol. The Hall–Kier alpha value is -0.740. The zero-order valence-electron chi connectivity index (χ0n) is 14.1. The second kappa shape index (κ2) is 6.64. The molecule has 8 nitrogen and oxygen atoms in total. The molecule has 2 fully saturated rings. The van der Waals surface area contributed by atoms with E-state index in [0.29, 0.717) is 13.1 Å². The zero-order valence-corrected chi connectivity index (χ0v) is 15.0. The summed E-state index contributed by atoms with van der Waals surface area (Å²) >= 11 is 0. The van der Waals surface area contributed by atoms with Crippen molar-refractivity contribution in [3.8, 4) is 0 Å². The lowest BCUT2D eigenvalue weighted by molar-refractivity contribution is -0.213. The quantitative estimate of drug-likeness (QED) is 0.642. The molecule has 0 radical (unpaired) electrons. The molecule has 0 saturated carbocycles. The second-order valence-electron chi connectivity index (χ2n) is 6.18. The molecule has 0 spiro atoms. The number of carbonyl (C=O) groups excluding carboxylic acids is 1. The van der Waals surface area contributed by atoms with Crippen LogP contribution in [0.1, 0.15) is 34.1 Å². The van der Waals surface area contributed by atoms with Gasteiger partial charge in [-0.25, -0.2) is 0 Å². The molecule has 4 atom stereocenters. The maximum absolute atomic E-state index is 12.3. The van der Waals surface area contributed by atoms with Gasteiger partial charge in [0.25, 0.3) is 10.1 Å². The zero-order chi connectivity index (χ0) is 17.4. The van der Waals surface area contributed by atoms with Gasteiger partial charge in [-0.1, -0.05) is 0 Å². The molecule has 2 rings (SSSR count). The van der Waals surface area contributed by atoms with Gasteiger partial charge in [0.1, 0.15) is 12.2 Å². The molecule has 2 heterocycles. The van der Waals surface area contributed by atoms with E-state index in [1.54, 1.807) is 18.7 Å². The first-order valence-electron chi connectivity index (χ1n) is 7.73. The maximum atomic E-state index is 12.3. The van der Waals surface area contributed by atoms with Crippen LogP contribution in [-0.4, -0.2) is 69.0 Å². The third kappa shape index (κ3) is 4.42. The van der Waals surface area contributed by atoms with E-state index in [2.05, 4.69) is 0 Å². The highest BCUT2D eigenvalue weighted by molar-refractivity contribution is 7.86. The van der Waals surface area contributed by atoms with Crippen LogP contribution in [0.15, 0.2) is 0 Å². The van der Waals surface area contributed by atoms with E-state index in [0.717, 1.165) is 6.26 Å². The molecule has 2 saturated heterocycles. The summed E-state index contributed by atoms with van der Waals surface area (Å²) in [6.45, 7) is 8.33. The van der Waals surface area contributed by atoms with Gasteiger partial charge in [0.15, 0.2) is 12.1 Å². The predicted octanol–water partition coefficient (Wildman–Crippen LogP) is 0.466. The molecular weight excluding hydrogens is 326 g/mol. The smallest absolute Gasteiger partial charge is 0.264 e.